The Morgan fingerprint density at radius 2 is 1.87 bits per heavy atom. The zero-order valence-electron chi connectivity index (χ0n) is 13.2. The zero-order valence-corrected chi connectivity index (χ0v) is 13.2. The van der Waals surface area contributed by atoms with Crippen LogP contribution in [0.25, 0.3) is 0 Å². The summed E-state index contributed by atoms with van der Waals surface area (Å²) in [6.45, 7) is 2.55. The Hall–Kier alpha value is -2.53. The minimum Gasteiger partial charge on any atom is -0.489 e. The number of ether oxygens (including phenoxy) is 1. The number of hydrogen-bond donors (Lipinski definition) is 3. The molecule has 0 radical (unpaired) electrons. The highest BCUT2D eigenvalue weighted by atomic mass is 16.5. The van der Waals surface area contributed by atoms with Gasteiger partial charge in [-0.3, -0.25) is 0 Å². The van der Waals surface area contributed by atoms with Crippen molar-refractivity contribution in [2.75, 3.05) is 6.61 Å². The van der Waals surface area contributed by atoms with Gasteiger partial charge in [-0.05, 0) is 30.2 Å². The van der Waals surface area contributed by atoms with Gasteiger partial charge >= 0.3 is 6.03 Å². The van der Waals surface area contributed by atoms with E-state index in [2.05, 4.69) is 10.6 Å². The van der Waals surface area contributed by atoms with Crippen molar-refractivity contribution in [1.82, 2.24) is 10.6 Å². The molecule has 1 atom stereocenters. The molecule has 2 aromatic rings. The molecule has 0 spiro atoms. The predicted octanol–water partition coefficient (Wildman–Crippen LogP) is 2.45. The molecule has 0 saturated heterocycles. The first-order valence-corrected chi connectivity index (χ1v) is 7.58. The summed E-state index contributed by atoms with van der Waals surface area (Å²) in [7, 11) is 0. The number of aliphatic hydroxyl groups is 1. The predicted molar refractivity (Wildman–Crippen MR) is 89.1 cm³/mol. The minimum atomic E-state index is -0.294. The Morgan fingerprint density at radius 1 is 1.13 bits per heavy atom. The summed E-state index contributed by atoms with van der Waals surface area (Å²) in [5.74, 6) is 0.827. The van der Waals surface area contributed by atoms with Gasteiger partial charge in [0, 0.05) is 6.54 Å². The lowest BCUT2D eigenvalue weighted by Crippen LogP contribution is -2.41. The molecule has 0 unspecified atom stereocenters. The Balaban J connectivity index is 1.83. The first kappa shape index (κ1) is 16.8. The van der Waals surface area contributed by atoms with E-state index < -0.39 is 0 Å². The van der Waals surface area contributed by atoms with Gasteiger partial charge in [0.1, 0.15) is 12.4 Å². The van der Waals surface area contributed by atoms with Crippen molar-refractivity contribution >= 4 is 6.03 Å². The molecule has 0 aliphatic carbocycles. The Morgan fingerprint density at radius 3 is 2.61 bits per heavy atom. The standard InChI is InChI=1S/C18H22N2O3/c1-14(12-21)20-18(22)19-11-15-6-5-7-16(10-15)13-23-17-8-3-2-4-9-17/h2-10,14,21H,11-13H2,1H3,(H2,19,20,22)/t14-/m0/s1. The number of benzene rings is 2. The molecule has 0 aliphatic rings. The molecular weight excluding hydrogens is 292 g/mol. The summed E-state index contributed by atoms with van der Waals surface area (Å²) in [4.78, 5) is 11.6. The fourth-order valence-corrected chi connectivity index (χ4v) is 2.02. The van der Waals surface area contributed by atoms with E-state index in [9.17, 15) is 4.79 Å². The van der Waals surface area contributed by atoms with E-state index in [1.165, 1.54) is 0 Å². The second kappa shape index (κ2) is 8.80. The van der Waals surface area contributed by atoms with E-state index >= 15 is 0 Å². The number of hydrogen-bond acceptors (Lipinski definition) is 3. The molecule has 3 N–H and O–H groups in total. The molecule has 0 aliphatic heterocycles. The fourth-order valence-electron chi connectivity index (χ4n) is 2.02. The van der Waals surface area contributed by atoms with E-state index in [1.807, 2.05) is 54.6 Å². The highest BCUT2D eigenvalue weighted by Crippen LogP contribution is 2.12. The Bertz CT molecular complexity index is 617. The quantitative estimate of drug-likeness (QED) is 0.735. The van der Waals surface area contributed by atoms with Crippen LogP contribution in [-0.4, -0.2) is 23.8 Å². The highest BCUT2D eigenvalue weighted by molar-refractivity contribution is 5.74. The van der Waals surface area contributed by atoms with E-state index in [0.717, 1.165) is 16.9 Å². The summed E-state index contributed by atoms with van der Waals surface area (Å²) in [6, 6.07) is 17.0. The van der Waals surface area contributed by atoms with Gasteiger partial charge in [0.2, 0.25) is 0 Å². The van der Waals surface area contributed by atoms with Crippen LogP contribution in [0.5, 0.6) is 5.75 Å². The van der Waals surface area contributed by atoms with Crippen molar-refractivity contribution in [3.63, 3.8) is 0 Å². The van der Waals surface area contributed by atoms with Crippen molar-refractivity contribution in [2.45, 2.75) is 26.1 Å². The molecule has 23 heavy (non-hydrogen) atoms. The Labute approximate surface area is 136 Å². The number of aliphatic hydroxyl groups excluding tert-OH is 1. The van der Waals surface area contributed by atoms with Crippen molar-refractivity contribution in [1.29, 1.82) is 0 Å². The fraction of sp³-hybridized carbons (Fsp3) is 0.278. The van der Waals surface area contributed by atoms with Crippen molar-refractivity contribution in [3.8, 4) is 5.75 Å². The first-order valence-electron chi connectivity index (χ1n) is 7.58. The lowest BCUT2D eigenvalue weighted by Gasteiger charge is -2.12. The molecule has 5 nitrogen and oxygen atoms in total. The van der Waals surface area contributed by atoms with Crippen LogP contribution < -0.4 is 15.4 Å². The van der Waals surface area contributed by atoms with Crippen molar-refractivity contribution in [3.05, 3.63) is 65.7 Å². The van der Waals surface area contributed by atoms with Crippen LogP contribution in [0.1, 0.15) is 18.1 Å². The van der Waals surface area contributed by atoms with Crippen LogP contribution in [0.2, 0.25) is 0 Å². The van der Waals surface area contributed by atoms with Crippen LogP contribution in [0.3, 0.4) is 0 Å². The second-order valence-electron chi connectivity index (χ2n) is 5.33. The largest absolute Gasteiger partial charge is 0.489 e. The van der Waals surface area contributed by atoms with Crippen LogP contribution >= 0.6 is 0 Å². The normalized spacial score (nSPS) is 11.6. The molecule has 0 fully saturated rings. The lowest BCUT2D eigenvalue weighted by atomic mass is 10.1. The first-order chi connectivity index (χ1) is 11.2. The molecule has 0 bridgehead atoms. The van der Waals surface area contributed by atoms with Crippen LogP contribution in [0.15, 0.2) is 54.6 Å². The number of carbonyl (C=O) groups is 1. The number of nitrogens with one attached hydrogen (secondary N) is 2. The van der Waals surface area contributed by atoms with Crippen LogP contribution in [0.4, 0.5) is 4.79 Å². The topological polar surface area (TPSA) is 70.6 Å². The number of carbonyl (C=O) groups excluding carboxylic acids is 1. The molecule has 5 heteroatoms. The van der Waals surface area contributed by atoms with Gasteiger partial charge in [-0.1, -0.05) is 42.5 Å². The average Bonchev–Trinajstić information content (AvgIpc) is 2.59. The number of rotatable bonds is 7. The summed E-state index contributed by atoms with van der Waals surface area (Å²) >= 11 is 0. The van der Waals surface area contributed by atoms with Gasteiger partial charge < -0.3 is 20.5 Å². The summed E-state index contributed by atoms with van der Waals surface area (Å²) in [5, 5.41) is 14.3. The second-order valence-corrected chi connectivity index (χ2v) is 5.33. The van der Waals surface area contributed by atoms with Gasteiger partial charge in [0.25, 0.3) is 0 Å². The zero-order chi connectivity index (χ0) is 16.5. The molecule has 0 saturated carbocycles. The minimum absolute atomic E-state index is 0.0836. The SMILES string of the molecule is C[C@@H](CO)NC(=O)NCc1cccc(COc2ccccc2)c1. The third-order valence-corrected chi connectivity index (χ3v) is 3.24. The van der Waals surface area contributed by atoms with Crippen molar-refractivity contribution < 1.29 is 14.6 Å². The summed E-state index contributed by atoms with van der Waals surface area (Å²) in [6.07, 6.45) is 0. The maximum atomic E-state index is 11.6. The number of urea groups is 1. The number of para-hydroxylation sites is 1. The molecular formula is C18H22N2O3. The van der Waals surface area contributed by atoms with Gasteiger partial charge in [0.05, 0.1) is 12.6 Å². The van der Waals surface area contributed by atoms with Gasteiger partial charge in [-0.15, -0.1) is 0 Å². The van der Waals surface area contributed by atoms with E-state index in [0.29, 0.717) is 13.2 Å². The van der Waals surface area contributed by atoms with Crippen molar-refractivity contribution in [2.24, 2.45) is 0 Å². The highest BCUT2D eigenvalue weighted by Gasteiger charge is 2.05. The number of amides is 2. The Kier molecular flexibility index (Phi) is 6.44. The van der Waals surface area contributed by atoms with Crippen LogP contribution in [0, 0.1) is 0 Å². The average molecular weight is 314 g/mol. The van der Waals surface area contributed by atoms with Gasteiger partial charge in [0.15, 0.2) is 0 Å². The molecule has 2 aromatic carbocycles. The summed E-state index contributed by atoms with van der Waals surface area (Å²) in [5.41, 5.74) is 2.03. The van der Waals surface area contributed by atoms with E-state index in [4.69, 9.17) is 9.84 Å². The molecule has 2 rings (SSSR count). The van der Waals surface area contributed by atoms with E-state index in [1.54, 1.807) is 6.92 Å². The van der Waals surface area contributed by atoms with Gasteiger partial charge in [-0.2, -0.15) is 0 Å². The maximum Gasteiger partial charge on any atom is 0.315 e. The molecule has 0 heterocycles. The molecule has 0 aromatic heterocycles. The third-order valence-electron chi connectivity index (χ3n) is 3.24. The molecule has 122 valence electrons. The molecule has 2 amide bonds. The van der Waals surface area contributed by atoms with Crippen LogP contribution in [-0.2, 0) is 13.2 Å². The smallest absolute Gasteiger partial charge is 0.315 e. The lowest BCUT2D eigenvalue weighted by molar-refractivity contribution is 0.220. The third kappa shape index (κ3) is 6.00. The van der Waals surface area contributed by atoms with Gasteiger partial charge in [-0.25, -0.2) is 4.79 Å². The maximum absolute atomic E-state index is 11.6. The monoisotopic (exact) mass is 314 g/mol. The van der Waals surface area contributed by atoms with E-state index in [-0.39, 0.29) is 18.7 Å². The summed E-state index contributed by atoms with van der Waals surface area (Å²) < 4.78 is 5.71.